The molecule has 0 radical (unpaired) electrons. The van der Waals surface area contributed by atoms with Gasteiger partial charge in [0.1, 0.15) is 12.3 Å². The van der Waals surface area contributed by atoms with E-state index in [0.29, 0.717) is 0 Å². The van der Waals surface area contributed by atoms with Crippen LogP contribution in [-0.2, 0) is 6.54 Å². The highest BCUT2D eigenvalue weighted by Crippen LogP contribution is 2.13. The Bertz CT molecular complexity index is 687. The fourth-order valence-electron chi connectivity index (χ4n) is 4.74. The van der Waals surface area contributed by atoms with Crippen LogP contribution in [0, 0.1) is 0 Å². The largest absolute Gasteiger partial charge is 0.497 e. The minimum absolute atomic E-state index is 0.863. The van der Waals surface area contributed by atoms with E-state index in [2.05, 4.69) is 59.5 Å². The third kappa shape index (κ3) is 4.63. The summed E-state index contributed by atoms with van der Waals surface area (Å²) in [6.45, 7) is 8.72. The van der Waals surface area contributed by atoms with E-state index in [9.17, 15) is 0 Å². The first-order valence-corrected chi connectivity index (χ1v) is 10.4. The third-order valence-corrected chi connectivity index (χ3v) is 6.41. The molecule has 0 bridgehead atoms. The number of ether oxygens (including phenoxy) is 1. The Labute approximate surface area is 163 Å². The SMILES string of the molecule is COc1ccc(C[NH+]2CCC([NH+]3CCN(c4ccccc4)CC3)CC2)cc1. The molecule has 2 aliphatic rings. The molecule has 2 heterocycles. The second kappa shape index (κ2) is 8.77. The van der Waals surface area contributed by atoms with Gasteiger partial charge >= 0.3 is 0 Å². The van der Waals surface area contributed by atoms with Crippen molar-refractivity contribution in [3.8, 4) is 5.75 Å². The standard InChI is InChI=1S/C23H31N3O/c1-27-23-9-7-20(8-10-23)19-24-13-11-22(12-14-24)26-17-15-25(16-18-26)21-5-3-2-4-6-21/h2-10,22H,11-19H2,1H3/p+2. The highest BCUT2D eigenvalue weighted by Gasteiger charge is 2.32. The monoisotopic (exact) mass is 367 g/mol. The minimum Gasteiger partial charge on any atom is -0.497 e. The van der Waals surface area contributed by atoms with Gasteiger partial charge in [-0.2, -0.15) is 0 Å². The number of methoxy groups -OCH3 is 1. The van der Waals surface area contributed by atoms with Crippen LogP contribution in [0.5, 0.6) is 5.75 Å². The Kier molecular flexibility index (Phi) is 5.95. The number of hydrogen-bond donors (Lipinski definition) is 2. The van der Waals surface area contributed by atoms with Crippen LogP contribution in [0.2, 0.25) is 0 Å². The fourth-order valence-corrected chi connectivity index (χ4v) is 4.74. The molecule has 0 unspecified atom stereocenters. The van der Waals surface area contributed by atoms with Crippen LogP contribution in [-0.4, -0.2) is 52.4 Å². The summed E-state index contributed by atoms with van der Waals surface area (Å²) in [5, 5.41) is 0. The molecule has 2 aliphatic heterocycles. The van der Waals surface area contributed by atoms with Crippen molar-refractivity contribution in [2.24, 2.45) is 0 Å². The predicted octanol–water partition coefficient (Wildman–Crippen LogP) is 0.648. The smallest absolute Gasteiger partial charge is 0.118 e. The van der Waals surface area contributed by atoms with E-state index in [4.69, 9.17) is 4.74 Å². The lowest BCUT2D eigenvalue weighted by Crippen LogP contribution is -3.21. The molecular weight excluding hydrogens is 334 g/mol. The molecule has 2 saturated heterocycles. The molecule has 0 saturated carbocycles. The maximum Gasteiger partial charge on any atom is 0.118 e. The van der Waals surface area contributed by atoms with Crippen molar-refractivity contribution in [2.45, 2.75) is 25.4 Å². The molecule has 2 fully saturated rings. The van der Waals surface area contributed by atoms with Crippen molar-refractivity contribution < 1.29 is 14.5 Å². The number of nitrogens with one attached hydrogen (secondary N) is 2. The van der Waals surface area contributed by atoms with Crippen molar-refractivity contribution in [1.82, 2.24) is 0 Å². The number of nitrogens with zero attached hydrogens (tertiary/aromatic N) is 1. The van der Waals surface area contributed by atoms with Gasteiger partial charge in [0.15, 0.2) is 0 Å². The van der Waals surface area contributed by atoms with Gasteiger partial charge in [-0.15, -0.1) is 0 Å². The lowest BCUT2D eigenvalue weighted by atomic mass is 10.0. The fraction of sp³-hybridized carbons (Fsp3) is 0.478. The topological polar surface area (TPSA) is 21.4 Å². The van der Waals surface area contributed by atoms with Gasteiger partial charge in [0.2, 0.25) is 0 Å². The number of hydrogen-bond acceptors (Lipinski definition) is 2. The number of likely N-dealkylation sites (tertiary alicyclic amines) is 1. The van der Waals surface area contributed by atoms with E-state index in [0.717, 1.165) is 18.3 Å². The second-order valence-electron chi connectivity index (χ2n) is 8.03. The Morgan fingerprint density at radius 3 is 2.19 bits per heavy atom. The molecule has 0 atom stereocenters. The van der Waals surface area contributed by atoms with Crippen molar-refractivity contribution in [3.63, 3.8) is 0 Å². The van der Waals surface area contributed by atoms with Crippen LogP contribution >= 0.6 is 0 Å². The first kappa shape index (κ1) is 18.3. The molecule has 4 nitrogen and oxygen atoms in total. The first-order chi connectivity index (χ1) is 13.3. The molecule has 0 amide bonds. The van der Waals surface area contributed by atoms with Gasteiger partial charge in [-0.3, -0.25) is 0 Å². The van der Waals surface area contributed by atoms with Crippen LogP contribution < -0.4 is 19.4 Å². The zero-order chi connectivity index (χ0) is 18.5. The van der Waals surface area contributed by atoms with Crippen molar-refractivity contribution >= 4 is 5.69 Å². The van der Waals surface area contributed by atoms with E-state index in [1.54, 1.807) is 12.0 Å². The molecule has 0 aliphatic carbocycles. The summed E-state index contributed by atoms with van der Waals surface area (Å²) in [7, 11) is 1.73. The Morgan fingerprint density at radius 1 is 0.889 bits per heavy atom. The summed E-state index contributed by atoms with van der Waals surface area (Å²) in [4.78, 5) is 6.12. The summed E-state index contributed by atoms with van der Waals surface area (Å²) in [5.74, 6) is 0.950. The van der Waals surface area contributed by atoms with Gasteiger partial charge in [0, 0.05) is 24.1 Å². The molecule has 2 aromatic carbocycles. The highest BCUT2D eigenvalue weighted by atomic mass is 16.5. The van der Waals surface area contributed by atoms with Gasteiger partial charge < -0.3 is 19.4 Å². The normalized spacial score (nSPS) is 24.0. The lowest BCUT2D eigenvalue weighted by Gasteiger charge is -2.39. The number of para-hydroxylation sites is 1. The average molecular weight is 368 g/mol. The Balaban J connectivity index is 1.22. The average Bonchev–Trinajstić information content (AvgIpc) is 2.76. The van der Waals surface area contributed by atoms with Crippen LogP contribution in [0.4, 0.5) is 5.69 Å². The number of rotatable bonds is 5. The number of piperazine rings is 1. The quantitative estimate of drug-likeness (QED) is 0.810. The number of quaternary nitrogens is 2. The summed E-state index contributed by atoms with van der Waals surface area (Å²) in [6, 6.07) is 20.3. The Hall–Kier alpha value is -2.04. The molecule has 4 heteroatoms. The zero-order valence-corrected chi connectivity index (χ0v) is 16.5. The number of piperidine rings is 1. The van der Waals surface area contributed by atoms with Gasteiger partial charge in [-0.1, -0.05) is 18.2 Å². The van der Waals surface area contributed by atoms with E-state index in [1.165, 1.54) is 63.4 Å². The second-order valence-corrected chi connectivity index (χ2v) is 8.03. The molecule has 4 rings (SSSR count). The van der Waals surface area contributed by atoms with E-state index >= 15 is 0 Å². The lowest BCUT2D eigenvalue weighted by molar-refractivity contribution is -0.963. The van der Waals surface area contributed by atoms with Crippen LogP contribution in [0.25, 0.3) is 0 Å². The maximum absolute atomic E-state index is 5.26. The van der Waals surface area contributed by atoms with Crippen molar-refractivity contribution in [1.29, 1.82) is 0 Å². The van der Waals surface area contributed by atoms with Crippen LogP contribution in [0.3, 0.4) is 0 Å². The maximum atomic E-state index is 5.26. The minimum atomic E-state index is 0.863. The van der Waals surface area contributed by atoms with E-state index in [-0.39, 0.29) is 0 Å². The van der Waals surface area contributed by atoms with Gasteiger partial charge in [0.05, 0.1) is 52.4 Å². The molecule has 144 valence electrons. The predicted molar refractivity (Wildman–Crippen MR) is 110 cm³/mol. The number of benzene rings is 2. The van der Waals surface area contributed by atoms with Gasteiger partial charge in [-0.25, -0.2) is 0 Å². The van der Waals surface area contributed by atoms with Crippen molar-refractivity contribution in [2.75, 3.05) is 51.3 Å². The van der Waals surface area contributed by atoms with Gasteiger partial charge in [-0.05, 0) is 36.4 Å². The Morgan fingerprint density at radius 2 is 1.56 bits per heavy atom. The third-order valence-electron chi connectivity index (χ3n) is 6.41. The summed E-state index contributed by atoms with van der Waals surface area (Å²) in [5.41, 5.74) is 2.81. The van der Waals surface area contributed by atoms with Gasteiger partial charge in [0.25, 0.3) is 0 Å². The summed E-state index contributed by atoms with van der Waals surface area (Å²) >= 11 is 0. The summed E-state index contributed by atoms with van der Waals surface area (Å²) < 4.78 is 5.26. The molecule has 27 heavy (non-hydrogen) atoms. The molecule has 0 spiro atoms. The highest BCUT2D eigenvalue weighted by molar-refractivity contribution is 5.46. The first-order valence-electron chi connectivity index (χ1n) is 10.4. The molecular formula is C23H33N3O+2. The summed E-state index contributed by atoms with van der Waals surface area (Å²) in [6.07, 6.45) is 2.73. The van der Waals surface area contributed by atoms with Crippen LogP contribution in [0.1, 0.15) is 18.4 Å². The van der Waals surface area contributed by atoms with E-state index in [1.807, 2.05) is 4.90 Å². The zero-order valence-electron chi connectivity index (χ0n) is 16.5. The van der Waals surface area contributed by atoms with Crippen molar-refractivity contribution in [3.05, 3.63) is 60.2 Å². The molecule has 2 N–H and O–H groups in total. The van der Waals surface area contributed by atoms with E-state index < -0.39 is 0 Å². The molecule has 0 aromatic heterocycles. The van der Waals surface area contributed by atoms with Crippen LogP contribution in [0.15, 0.2) is 54.6 Å². The molecule has 2 aromatic rings. The number of anilines is 1.